The number of hydrogen-bond acceptors (Lipinski definition) is 4. The van der Waals surface area contributed by atoms with E-state index in [0.29, 0.717) is 23.7 Å². The number of nitrogens with one attached hydrogen (secondary N) is 2. The smallest absolute Gasteiger partial charge is 0.316 e. The SMILES string of the molecule is CN(C)C(=O)NCCNCc1c(Cl)cccc1[N+](=O)[O-]. The van der Waals surface area contributed by atoms with Crippen molar-refractivity contribution in [3.8, 4) is 0 Å². The van der Waals surface area contributed by atoms with E-state index in [0.717, 1.165) is 0 Å². The van der Waals surface area contributed by atoms with Gasteiger partial charge in [-0.25, -0.2) is 4.79 Å². The highest BCUT2D eigenvalue weighted by molar-refractivity contribution is 6.31. The van der Waals surface area contributed by atoms with Crippen LogP contribution in [-0.4, -0.2) is 43.0 Å². The van der Waals surface area contributed by atoms with Gasteiger partial charge in [0, 0.05) is 39.8 Å². The van der Waals surface area contributed by atoms with Gasteiger partial charge < -0.3 is 15.5 Å². The van der Waals surface area contributed by atoms with E-state index in [2.05, 4.69) is 10.6 Å². The van der Waals surface area contributed by atoms with Gasteiger partial charge in [-0.15, -0.1) is 0 Å². The minimum Gasteiger partial charge on any atom is -0.337 e. The van der Waals surface area contributed by atoms with Crippen molar-refractivity contribution in [1.29, 1.82) is 0 Å². The van der Waals surface area contributed by atoms with Crippen molar-refractivity contribution in [2.45, 2.75) is 6.54 Å². The molecule has 0 aliphatic rings. The highest BCUT2D eigenvalue weighted by Gasteiger charge is 2.15. The fraction of sp³-hybridized carbons (Fsp3) is 0.417. The minimum atomic E-state index is -0.462. The molecule has 0 heterocycles. The number of halogens is 1. The molecule has 20 heavy (non-hydrogen) atoms. The summed E-state index contributed by atoms with van der Waals surface area (Å²) < 4.78 is 0. The van der Waals surface area contributed by atoms with Gasteiger partial charge in [0.05, 0.1) is 15.5 Å². The zero-order valence-electron chi connectivity index (χ0n) is 11.4. The predicted molar refractivity (Wildman–Crippen MR) is 76.9 cm³/mol. The Labute approximate surface area is 122 Å². The molecule has 2 amide bonds. The first-order valence-corrected chi connectivity index (χ1v) is 6.39. The lowest BCUT2D eigenvalue weighted by Gasteiger charge is -2.12. The second-order valence-electron chi connectivity index (χ2n) is 4.30. The van der Waals surface area contributed by atoms with Crippen molar-refractivity contribution in [3.63, 3.8) is 0 Å². The lowest BCUT2D eigenvalue weighted by Crippen LogP contribution is -2.38. The molecule has 0 aromatic heterocycles. The lowest BCUT2D eigenvalue weighted by molar-refractivity contribution is -0.385. The topological polar surface area (TPSA) is 87.5 Å². The molecular formula is C12H17ClN4O3. The van der Waals surface area contributed by atoms with Crippen LogP contribution in [0.1, 0.15) is 5.56 Å². The van der Waals surface area contributed by atoms with E-state index in [1.807, 2.05) is 0 Å². The highest BCUT2D eigenvalue weighted by Crippen LogP contribution is 2.25. The summed E-state index contributed by atoms with van der Waals surface area (Å²) in [5, 5.41) is 16.9. The van der Waals surface area contributed by atoms with Crippen molar-refractivity contribution in [1.82, 2.24) is 15.5 Å². The van der Waals surface area contributed by atoms with Crippen molar-refractivity contribution in [2.24, 2.45) is 0 Å². The molecule has 0 saturated heterocycles. The Kier molecular flexibility index (Phi) is 6.20. The molecule has 8 heteroatoms. The van der Waals surface area contributed by atoms with Crippen LogP contribution < -0.4 is 10.6 Å². The molecule has 0 fully saturated rings. The Bertz CT molecular complexity index is 494. The number of amides is 2. The van der Waals surface area contributed by atoms with E-state index in [1.165, 1.54) is 11.0 Å². The zero-order chi connectivity index (χ0) is 15.1. The average molecular weight is 301 g/mol. The number of nitrogens with zero attached hydrogens (tertiary/aromatic N) is 2. The van der Waals surface area contributed by atoms with Gasteiger partial charge in [-0.1, -0.05) is 17.7 Å². The Morgan fingerprint density at radius 3 is 2.70 bits per heavy atom. The van der Waals surface area contributed by atoms with Crippen LogP contribution in [0.2, 0.25) is 5.02 Å². The molecule has 0 atom stereocenters. The van der Waals surface area contributed by atoms with Crippen LogP contribution in [0, 0.1) is 10.1 Å². The Morgan fingerprint density at radius 2 is 2.10 bits per heavy atom. The summed E-state index contributed by atoms with van der Waals surface area (Å²) in [5.41, 5.74) is 0.431. The molecule has 7 nitrogen and oxygen atoms in total. The Morgan fingerprint density at radius 1 is 1.40 bits per heavy atom. The molecule has 0 unspecified atom stereocenters. The molecule has 0 spiro atoms. The fourth-order valence-electron chi connectivity index (χ4n) is 1.52. The third-order valence-electron chi connectivity index (χ3n) is 2.58. The summed E-state index contributed by atoms with van der Waals surface area (Å²) in [6, 6.07) is 4.38. The van der Waals surface area contributed by atoms with Crippen molar-refractivity contribution in [3.05, 3.63) is 38.9 Å². The normalized spacial score (nSPS) is 10.2. The first-order valence-electron chi connectivity index (χ1n) is 6.01. The average Bonchev–Trinajstić information content (AvgIpc) is 2.39. The van der Waals surface area contributed by atoms with Crippen LogP contribution in [0.5, 0.6) is 0 Å². The summed E-state index contributed by atoms with van der Waals surface area (Å²) in [6.45, 7) is 1.19. The summed E-state index contributed by atoms with van der Waals surface area (Å²) in [4.78, 5) is 23.1. The van der Waals surface area contributed by atoms with E-state index in [9.17, 15) is 14.9 Å². The molecular weight excluding hydrogens is 284 g/mol. The number of benzene rings is 1. The van der Waals surface area contributed by atoms with Crippen molar-refractivity contribution in [2.75, 3.05) is 27.2 Å². The van der Waals surface area contributed by atoms with Gasteiger partial charge in [-0.05, 0) is 6.07 Å². The van der Waals surface area contributed by atoms with Crippen molar-refractivity contribution < 1.29 is 9.72 Å². The number of hydrogen-bond donors (Lipinski definition) is 2. The standard InChI is InChI=1S/C12H17ClN4O3/c1-16(2)12(18)15-7-6-14-8-9-10(13)4-3-5-11(9)17(19)20/h3-5,14H,6-8H2,1-2H3,(H,15,18). The molecule has 0 aliphatic carbocycles. The van der Waals surface area contributed by atoms with E-state index >= 15 is 0 Å². The van der Waals surface area contributed by atoms with Gasteiger partial charge in [0.1, 0.15) is 0 Å². The zero-order valence-corrected chi connectivity index (χ0v) is 12.1. The van der Waals surface area contributed by atoms with Gasteiger partial charge in [0.2, 0.25) is 0 Å². The summed E-state index contributed by atoms with van der Waals surface area (Å²) in [6.07, 6.45) is 0. The maximum Gasteiger partial charge on any atom is 0.316 e. The Balaban J connectivity index is 2.47. The van der Waals surface area contributed by atoms with Crippen LogP contribution in [0.4, 0.5) is 10.5 Å². The Hall–Kier alpha value is -1.86. The minimum absolute atomic E-state index is 0.0117. The maximum atomic E-state index is 11.3. The van der Waals surface area contributed by atoms with Crippen molar-refractivity contribution >= 4 is 23.3 Å². The van der Waals surface area contributed by atoms with E-state index in [4.69, 9.17) is 11.6 Å². The highest BCUT2D eigenvalue weighted by atomic mass is 35.5. The quantitative estimate of drug-likeness (QED) is 0.474. The molecule has 2 N–H and O–H groups in total. The van der Waals surface area contributed by atoms with E-state index in [1.54, 1.807) is 26.2 Å². The summed E-state index contributed by atoms with van der Waals surface area (Å²) >= 11 is 5.96. The second-order valence-corrected chi connectivity index (χ2v) is 4.70. The van der Waals surface area contributed by atoms with Crippen LogP contribution in [0.25, 0.3) is 0 Å². The van der Waals surface area contributed by atoms with Crippen LogP contribution in [0.3, 0.4) is 0 Å². The number of rotatable bonds is 6. The van der Waals surface area contributed by atoms with Gasteiger partial charge in [0.25, 0.3) is 5.69 Å². The van der Waals surface area contributed by atoms with Crippen LogP contribution >= 0.6 is 11.6 Å². The number of carbonyl (C=O) groups excluding carboxylic acids is 1. The van der Waals surface area contributed by atoms with Gasteiger partial charge in [-0.2, -0.15) is 0 Å². The second kappa shape index (κ2) is 7.66. The fourth-order valence-corrected chi connectivity index (χ4v) is 1.76. The van der Waals surface area contributed by atoms with Crippen LogP contribution in [-0.2, 0) is 6.54 Å². The molecule has 1 aromatic carbocycles. The molecule has 0 aliphatic heterocycles. The molecule has 0 saturated carbocycles. The number of urea groups is 1. The molecule has 1 rings (SSSR count). The molecule has 0 radical (unpaired) electrons. The van der Waals surface area contributed by atoms with E-state index < -0.39 is 4.92 Å². The number of nitro groups is 1. The predicted octanol–water partition coefficient (Wildman–Crippen LogP) is 1.61. The monoisotopic (exact) mass is 300 g/mol. The van der Waals surface area contributed by atoms with Gasteiger partial charge >= 0.3 is 6.03 Å². The first kappa shape index (κ1) is 16.2. The summed E-state index contributed by atoms with van der Waals surface area (Å²) in [7, 11) is 3.30. The van der Waals surface area contributed by atoms with Crippen LogP contribution in [0.15, 0.2) is 18.2 Å². The first-order chi connectivity index (χ1) is 9.43. The third-order valence-corrected chi connectivity index (χ3v) is 2.93. The maximum absolute atomic E-state index is 11.3. The lowest BCUT2D eigenvalue weighted by atomic mass is 10.2. The summed E-state index contributed by atoms with van der Waals surface area (Å²) in [5.74, 6) is 0. The molecule has 110 valence electrons. The third kappa shape index (κ3) is 4.67. The largest absolute Gasteiger partial charge is 0.337 e. The van der Waals surface area contributed by atoms with Gasteiger partial charge in [0.15, 0.2) is 0 Å². The number of carbonyl (C=O) groups is 1. The number of nitro benzene ring substituents is 1. The molecule has 1 aromatic rings. The van der Waals surface area contributed by atoms with E-state index in [-0.39, 0.29) is 18.3 Å². The van der Waals surface area contributed by atoms with Gasteiger partial charge in [-0.3, -0.25) is 10.1 Å². The molecule has 0 bridgehead atoms.